The summed E-state index contributed by atoms with van der Waals surface area (Å²) >= 11 is 4.28. The van der Waals surface area contributed by atoms with E-state index in [0.717, 1.165) is 0 Å². The largest absolute Gasteiger partial charge is 0.490 e. The maximum absolute atomic E-state index is 11.8. The Labute approximate surface area is 123 Å². The smallest absolute Gasteiger partial charge is 0.411 e. The van der Waals surface area contributed by atoms with Crippen LogP contribution in [0, 0.1) is 13.5 Å². The molecule has 20 heavy (non-hydrogen) atoms. The number of ether oxygens (including phenoxy) is 2. The number of amides is 1. The topological polar surface area (TPSA) is 64.8 Å². The molecule has 6 nitrogen and oxygen atoms in total. The van der Waals surface area contributed by atoms with Gasteiger partial charge >= 0.3 is 6.09 Å². The number of nitrogens with zero attached hydrogens (tertiary/aromatic N) is 2. The van der Waals surface area contributed by atoms with Crippen LogP contribution in [0.2, 0.25) is 0 Å². The van der Waals surface area contributed by atoms with E-state index in [1.807, 2.05) is 0 Å². The molecule has 1 heterocycles. The number of carbonyl (C=O) groups is 1. The zero-order valence-corrected chi connectivity index (χ0v) is 13.0. The zero-order chi connectivity index (χ0) is 15.5. The Kier molecular flexibility index (Phi) is 4.84. The lowest BCUT2D eigenvalue weighted by molar-refractivity contribution is 0.0635. The maximum Gasteiger partial charge on any atom is 0.411 e. The summed E-state index contributed by atoms with van der Waals surface area (Å²) in [6.07, 6.45) is -0.662. The van der Waals surface area contributed by atoms with Crippen molar-refractivity contribution in [2.75, 3.05) is 12.4 Å². The van der Waals surface area contributed by atoms with Gasteiger partial charge in [-0.25, -0.2) is 14.6 Å². The highest BCUT2D eigenvalue weighted by Crippen LogP contribution is 2.40. The molecule has 108 valence electrons. The number of pyridine rings is 1. The fraction of sp³-hybridized carbons (Fsp3) is 0.462. The fourth-order valence-electron chi connectivity index (χ4n) is 1.43. The molecule has 0 unspecified atom stereocenters. The third kappa shape index (κ3) is 3.78. The molecule has 7 heteroatoms. The Morgan fingerprint density at radius 3 is 2.50 bits per heavy atom. The predicted octanol–water partition coefficient (Wildman–Crippen LogP) is 3.59. The summed E-state index contributed by atoms with van der Waals surface area (Å²) in [5.41, 5.74) is 0.241. The van der Waals surface area contributed by atoms with E-state index in [2.05, 4.69) is 27.8 Å². The van der Waals surface area contributed by atoms with Crippen LogP contribution < -0.4 is 10.1 Å². The number of hydrogen-bond donors (Lipinski definition) is 2. The molecule has 1 N–H and O–H groups in total. The first-order valence-electron chi connectivity index (χ1n) is 5.84. The fourth-order valence-corrected chi connectivity index (χ4v) is 1.64. The molecule has 1 aromatic rings. The van der Waals surface area contributed by atoms with Gasteiger partial charge in [0.2, 0.25) is 5.88 Å². The van der Waals surface area contributed by atoms with E-state index in [9.17, 15) is 4.79 Å². The SMILES string of the molecule is [C-]#[N+]c1c(OC)nc(C)c(S)c1NC(=O)OC(C)(C)C. The van der Waals surface area contributed by atoms with Crippen molar-refractivity contribution in [2.24, 2.45) is 0 Å². The van der Waals surface area contributed by atoms with E-state index in [1.54, 1.807) is 27.7 Å². The van der Waals surface area contributed by atoms with Gasteiger partial charge in [0.25, 0.3) is 5.69 Å². The molecule has 1 aromatic heterocycles. The van der Waals surface area contributed by atoms with Crippen molar-refractivity contribution >= 4 is 30.1 Å². The highest BCUT2D eigenvalue weighted by Gasteiger charge is 2.22. The van der Waals surface area contributed by atoms with Gasteiger partial charge in [-0.1, -0.05) is 0 Å². The number of aromatic nitrogens is 1. The number of nitrogens with one attached hydrogen (secondary N) is 1. The third-order valence-electron chi connectivity index (χ3n) is 2.22. The molecule has 1 amide bonds. The second-order valence-electron chi connectivity index (χ2n) is 5.02. The second kappa shape index (κ2) is 6.01. The van der Waals surface area contributed by atoms with Crippen LogP contribution in [0.15, 0.2) is 4.90 Å². The Balaban J connectivity index is 3.21. The van der Waals surface area contributed by atoms with Gasteiger partial charge in [0.15, 0.2) is 0 Å². The van der Waals surface area contributed by atoms with Gasteiger partial charge in [0.05, 0.1) is 25.1 Å². The summed E-state index contributed by atoms with van der Waals surface area (Å²) < 4.78 is 10.2. The number of thiol groups is 1. The lowest BCUT2D eigenvalue weighted by Crippen LogP contribution is -2.27. The molecule has 1 rings (SSSR count). The van der Waals surface area contributed by atoms with Gasteiger partial charge < -0.3 is 9.47 Å². The van der Waals surface area contributed by atoms with E-state index in [4.69, 9.17) is 16.0 Å². The number of anilines is 1. The van der Waals surface area contributed by atoms with Crippen molar-refractivity contribution < 1.29 is 14.3 Å². The number of carbonyl (C=O) groups excluding carboxylic acids is 1. The van der Waals surface area contributed by atoms with Gasteiger partial charge in [-0.2, -0.15) is 0 Å². The number of hydrogen-bond acceptors (Lipinski definition) is 5. The Morgan fingerprint density at radius 2 is 2.05 bits per heavy atom. The highest BCUT2D eigenvalue weighted by molar-refractivity contribution is 7.80. The molecule has 0 saturated heterocycles. The molecule has 0 spiro atoms. The van der Waals surface area contributed by atoms with Crippen LogP contribution in [0.5, 0.6) is 5.88 Å². The first-order chi connectivity index (χ1) is 9.19. The summed E-state index contributed by atoms with van der Waals surface area (Å²) in [4.78, 5) is 19.7. The highest BCUT2D eigenvalue weighted by atomic mass is 32.1. The quantitative estimate of drug-likeness (QED) is 0.646. The van der Waals surface area contributed by atoms with Crippen LogP contribution in [-0.4, -0.2) is 23.8 Å². The minimum absolute atomic E-state index is 0.0916. The Morgan fingerprint density at radius 1 is 1.45 bits per heavy atom. The number of rotatable bonds is 2. The van der Waals surface area contributed by atoms with E-state index in [0.29, 0.717) is 10.6 Å². The average Bonchev–Trinajstić information content (AvgIpc) is 2.32. The molecule has 0 aliphatic rings. The first-order valence-corrected chi connectivity index (χ1v) is 6.29. The standard InChI is InChI=1S/C13H17N3O3S/c1-7-10(20)8(9(14-5)11(15-7)18-6)16-12(17)19-13(2,3)4/h20H,1-4,6H3,(H,15,16,17). The van der Waals surface area contributed by atoms with Gasteiger partial charge in [-0.05, 0) is 27.7 Å². The van der Waals surface area contributed by atoms with Crippen molar-refractivity contribution in [3.63, 3.8) is 0 Å². The molecule has 0 atom stereocenters. The second-order valence-corrected chi connectivity index (χ2v) is 5.46. The number of methoxy groups -OCH3 is 1. The normalized spacial score (nSPS) is 10.7. The van der Waals surface area contributed by atoms with Crippen LogP contribution in [0.25, 0.3) is 4.85 Å². The van der Waals surface area contributed by atoms with Crippen molar-refractivity contribution in [1.82, 2.24) is 4.98 Å². The monoisotopic (exact) mass is 295 g/mol. The van der Waals surface area contributed by atoms with E-state index in [-0.39, 0.29) is 17.3 Å². The molecule has 0 aliphatic heterocycles. The van der Waals surface area contributed by atoms with Crippen molar-refractivity contribution in [3.8, 4) is 5.88 Å². The molecule has 0 radical (unpaired) electrons. The van der Waals surface area contributed by atoms with Crippen molar-refractivity contribution in [1.29, 1.82) is 0 Å². The minimum atomic E-state index is -0.662. The molecule has 0 aromatic carbocycles. The van der Waals surface area contributed by atoms with E-state index < -0.39 is 11.7 Å². The van der Waals surface area contributed by atoms with E-state index in [1.165, 1.54) is 7.11 Å². The molecule has 0 bridgehead atoms. The summed E-state index contributed by atoms with van der Waals surface area (Å²) in [5.74, 6) is 0.140. The van der Waals surface area contributed by atoms with Gasteiger partial charge in [0.1, 0.15) is 5.60 Å². The van der Waals surface area contributed by atoms with Gasteiger partial charge in [-0.15, -0.1) is 12.6 Å². The summed E-state index contributed by atoms with van der Waals surface area (Å²) in [6.45, 7) is 14.2. The van der Waals surface area contributed by atoms with E-state index >= 15 is 0 Å². The van der Waals surface area contributed by atoms with Crippen LogP contribution in [-0.2, 0) is 4.74 Å². The Bertz CT molecular complexity index is 574. The molecular formula is C13H17N3O3S. The zero-order valence-electron chi connectivity index (χ0n) is 12.1. The third-order valence-corrected chi connectivity index (χ3v) is 2.77. The molecular weight excluding hydrogens is 278 g/mol. The molecule has 0 aliphatic carbocycles. The van der Waals surface area contributed by atoms with Crippen molar-refractivity contribution in [2.45, 2.75) is 38.2 Å². The van der Waals surface area contributed by atoms with Crippen molar-refractivity contribution in [3.05, 3.63) is 17.1 Å². The summed E-state index contributed by atoms with van der Waals surface area (Å²) in [7, 11) is 1.41. The number of aryl methyl sites for hydroxylation is 1. The lowest BCUT2D eigenvalue weighted by atomic mass is 10.2. The average molecular weight is 295 g/mol. The van der Waals surface area contributed by atoms with Crippen LogP contribution >= 0.6 is 12.6 Å². The van der Waals surface area contributed by atoms with Crippen LogP contribution in [0.4, 0.5) is 16.2 Å². The molecule has 0 saturated carbocycles. The summed E-state index contributed by atoms with van der Waals surface area (Å²) in [6, 6.07) is 0. The summed E-state index contributed by atoms with van der Waals surface area (Å²) in [5, 5.41) is 2.53. The maximum atomic E-state index is 11.8. The lowest BCUT2D eigenvalue weighted by Gasteiger charge is -2.21. The van der Waals surface area contributed by atoms with Gasteiger partial charge in [0, 0.05) is 4.90 Å². The molecule has 0 fully saturated rings. The van der Waals surface area contributed by atoms with Crippen LogP contribution in [0.3, 0.4) is 0 Å². The predicted molar refractivity (Wildman–Crippen MR) is 78.9 cm³/mol. The van der Waals surface area contributed by atoms with Crippen LogP contribution in [0.1, 0.15) is 26.5 Å². The Hall–Kier alpha value is -1.94. The van der Waals surface area contributed by atoms with Gasteiger partial charge in [-0.3, -0.25) is 5.32 Å². The first kappa shape index (κ1) is 16.1. The minimum Gasteiger partial charge on any atom is -0.490 e.